The van der Waals surface area contributed by atoms with E-state index >= 15 is 0 Å². The van der Waals surface area contributed by atoms with Crippen molar-refractivity contribution in [3.05, 3.63) is 41.5 Å². The van der Waals surface area contributed by atoms with Gasteiger partial charge in [-0.1, -0.05) is 5.16 Å². The Morgan fingerprint density at radius 3 is 2.42 bits per heavy atom. The van der Waals surface area contributed by atoms with Gasteiger partial charge in [0.25, 0.3) is 0 Å². The van der Waals surface area contributed by atoms with Crippen LogP contribution in [-0.4, -0.2) is 29.6 Å². The van der Waals surface area contributed by atoms with Crippen molar-refractivity contribution in [1.82, 2.24) is 10.1 Å². The Labute approximate surface area is 108 Å². The molecule has 0 aliphatic heterocycles. The SMILES string of the molecule is Cc1noc(CS(=O)(=O)c2ccc(C(=O)O)cc2)n1. The number of carboxylic acid groups (broad SMARTS) is 1. The van der Waals surface area contributed by atoms with Gasteiger partial charge in [0, 0.05) is 0 Å². The molecule has 0 saturated heterocycles. The first-order valence-electron chi connectivity index (χ1n) is 5.24. The van der Waals surface area contributed by atoms with Crippen molar-refractivity contribution < 1.29 is 22.8 Å². The molecule has 8 heteroatoms. The molecule has 1 N–H and O–H groups in total. The molecule has 0 radical (unpaired) electrons. The highest BCUT2D eigenvalue weighted by Gasteiger charge is 2.19. The van der Waals surface area contributed by atoms with Gasteiger partial charge in [-0.2, -0.15) is 4.98 Å². The Hall–Kier alpha value is -2.22. The van der Waals surface area contributed by atoms with Gasteiger partial charge in [-0.05, 0) is 31.2 Å². The van der Waals surface area contributed by atoms with Gasteiger partial charge in [0.2, 0.25) is 5.89 Å². The van der Waals surface area contributed by atoms with E-state index in [1.165, 1.54) is 24.3 Å². The lowest BCUT2D eigenvalue weighted by Crippen LogP contribution is -2.06. The van der Waals surface area contributed by atoms with Crippen LogP contribution in [0.25, 0.3) is 0 Å². The van der Waals surface area contributed by atoms with Crippen LogP contribution in [0.15, 0.2) is 33.7 Å². The minimum atomic E-state index is -3.63. The number of rotatable bonds is 4. The largest absolute Gasteiger partial charge is 0.478 e. The minimum Gasteiger partial charge on any atom is -0.478 e. The zero-order chi connectivity index (χ0) is 14.0. The molecular weight excluding hydrogens is 272 g/mol. The highest BCUT2D eigenvalue weighted by molar-refractivity contribution is 7.90. The van der Waals surface area contributed by atoms with E-state index in [1.54, 1.807) is 6.92 Å². The van der Waals surface area contributed by atoms with Gasteiger partial charge in [0.15, 0.2) is 15.7 Å². The number of sulfone groups is 1. The summed E-state index contributed by atoms with van der Waals surface area (Å²) in [4.78, 5) is 14.5. The predicted molar refractivity (Wildman–Crippen MR) is 63.3 cm³/mol. The van der Waals surface area contributed by atoms with E-state index < -0.39 is 21.6 Å². The van der Waals surface area contributed by atoms with Gasteiger partial charge in [-0.25, -0.2) is 13.2 Å². The van der Waals surface area contributed by atoms with Crippen molar-refractivity contribution in [1.29, 1.82) is 0 Å². The van der Waals surface area contributed by atoms with Crippen LogP contribution in [-0.2, 0) is 15.6 Å². The maximum absolute atomic E-state index is 12.0. The molecule has 7 nitrogen and oxygen atoms in total. The van der Waals surface area contributed by atoms with Crippen molar-refractivity contribution in [3.63, 3.8) is 0 Å². The summed E-state index contributed by atoms with van der Waals surface area (Å²) < 4.78 is 28.8. The predicted octanol–water partition coefficient (Wildman–Crippen LogP) is 1.05. The molecule has 1 aromatic carbocycles. The fourth-order valence-electron chi connectivity index (χ4n) is 1.45. The summed E-state index contributed by atoms with van der Waals surface area (Å²) in [6, 6.07) is 4.94. The molecule has 1 aromatic heterocycles. The van der Waals surface area contributed by atoms with E-state index in [2.05, 4.69) is 10.1 Å². The third-order valence-corrected chi connectivity index (χ3v) is 3.96. The zero-order valence-electron chi connectivity index (χ0n) is 9.90. The van der Waals surface area contributed by atoms with Crippen LogP contribution in [0.1, 0.15) is 22.1 Å². The van der Waals surface area contributed by atoms with Crippen molar-refractivity contribution >= 4 is 15.8 Å². The normalized spacial score (nSPS) is 11.4. The second kappa shape index (κ2) is 4.81. The van der Waals surface area contributed by atoms with E-state index in [9.17, 15) is 13.2 Å². The Kier molecular flexibility index (Phi) is 3.34. The molecule has 0 amide bonds. The maximum Gasteiger partial charge on any atom is 0.335 e. The van der Waals surface area contributed by atoms with Crippen LogP contribution in [0.3, 0.4) is 0 Å². The number of aryl methyl sites for hydroxylation is 1. The number of hydrogen-bond acceptors (Lipinski definition) is 6. The standard InChI is InChI=1S/C11H10N2O5S/c1-7-12-10(18-13-7)6-19(16,17)9-4-2-8(3-5-9)11(14)15/h2-5H,6H2,1H3,(H,14,15). The molecule has 0 bridgehead atoms. The Morgan fingerprint density at radius 1 is 1.32 bits per heavy atom. The lowest BCUT2D eigenvalue weighted by Gasteiger charge is -2.02. The lowest BCUT2D eigenvalue weighted by molar-refractivity contribution is 0.0696. The summed E-state index contributed by atoms with van der Waals surface area (Å²) in [6.45, 7) is 1.58. The van der Waals surface area contributed by atoms with Crippen LogP contribution in [0, 0.1) is 6.92 Å². The Balaban J connectivity index is 2.26. The van der Waals surface area contributed by atoms with Gasteiger partial charge in [0.1, 0.15) is 5.75 Å². The topological polar surface area (TPSA) is 110 Å². The van der Waals surface area contributed by atoms with E-state index in [-0.39, 0.29) is 16.3 Å². The second-order valence-electron chi connectivity index (χ2n) is 3.82. The number of nitrogens with zero attached hydrogens (tertiary/aromatic N) is 2. The molecule has 0 aliphatic rings. The minimum absolute atomic E-state index is 0.000175. The van der Waals surface area contributed by atoms with Crippen LogP contribution in [0.2, 0.25) is 0 Å². The highest BCUT2D eigenvalue weighted by atomic mass is 32.2. The van der Waals surface area contributed by atoms with E-state index in [1.807, 2.05) is 0 Å². The Bertz CT molecular complexity index is 703. The van der Waals surface area contributed by atoms with Gasteiger partial charge < -0.3 is 9.63 Å². The first-order valence-corrected chi connectivity index (χ1v) is 6.89. The molecule has 100 valence electrons. The number of benzene rings is 1. The number of hydrogen-bond donors (Lipinski definition) is 1. The van der Waals surface area contributed by atoms with Gasteiger partial charge in [-0.15, -0.1) is 0 Å². The lowest BCUT2D eigenvalue weighted by atomic mass is 10.2. The summed E-state index contributed by atoms with van der Waals surface area (Å²) >= 11 is 0. The number of carboxylic acids is 1. The monoisotopic (exact) mass is 282 g/mol. The van der Waals surface area contributed by atoms with Crippen molar-refractivity contribution in [3.8, 4) is 0 Å². The van der Waals surface area contributed by atoms with Gasteiger partial charge in [0.05, 0.1) is 10.5 Å². The van der Waals surface area contributed by atoms with Crippen LogP contribution in [0.5, 0.6) is 0 Å². The molecule has 0 fully saturated rings. The van der Waals surface area contributed by atoms with E-state index in [0.717, 1.165) is 0 Å². The van der Waals surface area contributed by atoms with Crippen molar-refractivity contribution in [2.75, 3.05) is 0 Å². The Morgan fingerprint density at radius 2 is 1.95 bits per heavy atom. The smallest absolute Gasteiger partial charge is 0.335 e. The molecule has 0 spiro atoms. The number of aromatic carboxylic acids is 1. The first-order chi connectivity index (χ1) is 8.88. The second-order valence-corrected chi connectivity index (χ2v) is 5.81. The number of aromatic nitrogens is 2. The molecule has 0 atom stereocenters. The van der Waals surface area contributed by atoms with Crippen molar-refractivity contribution in [2.45, 2.75) is 17.6 Å². The molecule has 0 saturated carbocycles. The zero-order valence-corrected chi connectivity index (χ0v) is 10.7. The molecule has 0 unspecified atom stereocenters. The molecule has 2 rings (SSSR count). The molecular formula is C11H10N2O5S. The third-order valence-electron chi connectivity index (χ3n) is 2.34. The molecule has 1 heterocycles. The number of carbonyl (C=O) groups is 1. The third kappa shape index (κ3) is 2.97. The first kappa shape index (κ1) is 13.2. The maximum atomic E-state index is 12.0. The van der Waals surface area contributed by atoms with Crippen LogP contribution >= 0.6 is 0 Å². The summed E-state index contributed by atoms with van der Waals surface area (Å²) in [5.74, 6) is -1.18. The summed E-state index contributed by atoms with van der Waals surface area (Å²) in [6.07, 6.45) is 0. The average molecular weight is 282 g/mol. The molecule has 19 heavy (non-hydrogen) atoms. The summed E-state index contributed by atoms with van der Waals surface area (Å²) in [5, 5.41) is 12.2. The van der Waals surface area contributed by atoms with Crippen LogP contribution < -0.4 is 0 Å². The molecule has 2 aromatic rings. The average Bonchev–Trinajstić information content (AvgIpc) is 2.74. The van der Waals surface area contributed by atoms with E-state index in [4.69, 9.17) is 9.63 Å². The fraction of sp³-hybridized carbons (Fsp3) is 0.182. The van der Waals surface area contributed by atoms with Crippen molar-refractivity contribution in [2.24, 2.45) is 0 Å². The van der Waals surface area contributed by atoms with E-state index in [0.29, 0.717) is 5.82 Å². The summed E-state index contributed by atoms with van der Waals surface area (Å²) in [5.41, 5.74) is 0.0209. The van der Waals surface area contributed by atoms with Crippen LogP contribution in [0.4, 0.5) is 0 Å². The quantitative estimate of drug-likeness (QED) is 0.892. The molecule has 0 aliphatic carbocycles. The van der Waals surface area contributed by atoms with Gasteiger partial charge >= 0.3 is 5.97 Å². The highest BCUT2D eigenvalue weighted by Crippen LogP contribution is 2.16. The summed E-state index contributed by atoms with van der Waals surface area (Å²) in [7, 11) is -3.63. The fourth-order valence-corrected chi connectivity index (χ4v) is 2.61. The van der Waals surface area contributed by atoms with Gasteiger partial charge in [-0.3, -0.25) is 0 Å².